The lowest BCUT2D eigenvalue weighted by molar-refractivity contribution is -0.139. The van der Waals surface area contributed by atoms with Gasteiger partial charge in [0.05, 0.1) is 6.61 Å². The fourth-order valence-corrected chi connectivity index (χ4v) is 0.699. The standard InChI is InChI=1S/C9H17NO2/c1-3-4-5-6-12-9(11)8(2)7-10/h7H,3-6,10H2,1-2H3. The van der Waals surface area contributed by atoms with Crippen molar-refractivity contribution in [1.29, 1.82) is 0 Å². The molecule has 0 spiro atoms. The maximum atomic E-state index is 11.0. The van der Waals surface area contributed by atoms with Gasteiger partial charge < -0.3 is 10.5 Å². The Morgan fingerprint density at radius 3 is 2.67 bits per heavy atom. The van der Waals surface area contributed by atoms with Crippen LogP contribution in [0.15, 0.2) is 11.8 Å². The molecule has 3 heteroatoms. The van der Waals surface area contributed by atoms with Crippen molar-refractivity contribution >= 4 is 5.97 Å². The van der Waals surface area contributed by atoms with Crippen molar-refractivity contribution in [1.82, 2.24) is 0 Å². The Balaban J connectivity index is 3.45. The molecule has 0 aromatic heterocycles. The quantitative estimate of drug-likeness (QED) is 0.388. The van der Waals surface area contributed by atoms with E-state index in [2.05, 4.69) is 6.92 Å². The summed E-state index contributed by atoms with van der Waals surface area (Å²) in [6.07, 6.45) is 4.42. The summed E-state index contributed by atoms with van der Waals surface area (Å²) in [5.41, 5.74) is 5.60. The number of unbranched alkanes of at least 4 members (excludes halogenated alkanes) is 2. The van der Waals surface area contributed by atoms with E-state index in [-0.39, 0.29) is 5.97 Å². The molecule has 0 saturated heterocycles. The molecule has 0 fully saturated rings. The highest BCUT2D eigenvalue weighted by Crippen LogP contribution is 1.98. The predicted octanol–water partition coefficient (Wildman–Crippen LogP) is 1.58. The molecule has 12 heavy (non-hydrogen) atoms. The van der Waals surface area contributed by atoms with Crippen molar-refractivity contribution in [3.05, 3.63) is 11.8 Å². The van der Waals surface area contributed by atoms with E-state index < -0.39 is 0 Å². The molecule has 0 aliphatic carbocycles. The van der Waals surface area contributed by atoms with Crippen molar-refractivity contribution in [3.8, 4) is 0 Å². The van der Waals surface area contributed by atoms with Gasteiger partial charge in [-0.05, 0) is 13.3 Å². The van der Waals surface area contributed by atoms with Crippen LogP contribution < -0.4 is 5.73 Å². The number of esters is 1. The second-order valence-corrected chi connectivity index (χ2v) is 2.69. The van der Waals surface area contributed by atoms with Crippen LogP contribution in [0.25, 0.3) is 0 Å². The van der Waals surface area contributed by atoms with Crippen LogP contribution in [0, 0.1) is 0 Å². The summed E-state index contributed by atoms with van der Waals surface area (Å²) in [5, 5.41) is 0. The molecule has 0 aliphatic rings. The molecule has 70 valence electrons. The van der Waals surface area contributed by atoms with Crippen LogP contribution in [0.3, 0.4) is 0 Å². The lowest BCUT2D eigenvalue weighted by Crippen LogP contribution is -2.08. The highest BCUT2D eigenvalue weighted by molar-refractivity contribution is 5.87. The van der Waals surface area contributed by atoms with Crippen LogP contribution in [0.2, 0.25) is 0 Å². The first-order valence-electron chi connectivity index (χ1n) is 4.28. The topological polar surface area (TPSA) is 52.3 Å². The minimum atomic E-state index is -0.311. The Kier molecular flexibility index (Phi) is 6.15. The largest absolute Gasteiger partial charge is 0.462 e. The third kappa shape index (κ3) is 4.77. The second kappa shape index (κ2) is 6.70. The minimum absolute atomic E-state index is 0.311. The average molecular weight is 171 g/mol. The van der Waals surface area contributed by atoms with Crippen LogP contribution in [-0.2, 0) is 9.53 Å². The molecule has 0 atom stereocenters. The van der Waals surface area contributed by atoms with Gasteiger partial charge in [0.2, 0.25) is 0 Å². The van der Waals surface area contributed by atoms with Gasteiger partial charge >= 0.3 is 5.97 Å². The minimum Gasteiger partial charge on any atom is -0.462 e. The number of nitrogens with two attached hydrogens (primary N) is 1. The zero-order valence-corrected chi connectivity index (χ0v) is 7.80. The van der Waals surface area contributed by atoms with Crippen LogP contribution in [-0.4, -0.2) is 12.6 Å². The molecule has 0 radical (unpaired) electrons. The molecule has 0 saturated carbocycles. The van der Waals surface area contributed by atoms with E-state index >= 15 is 0 Å². The number of carbonyl (C=O) groups is 1. The van der Waals surface area contributed by atoms with Crippen molar-refractivity contribution < 1.29 is 9.53 Å². The molecule has 0 aromatic carbocycles. The molecule has 0 amide bonds. The summed E-state index contributed by atoms with van der Waals surface area (Å²) in [5.74, 6) is -0.311. The molecular weight excluding hydrogens is 154 g/mol. The molecule has 0 rings (SSSR count). The SMILES string of the molecule is CCCCCOC(=O)C(C)=CN. The van der Waals surface area contributed by atoms with Crippen LogP contribution >= 0.6 is 0 Å². The first-order chi connectivity index (χ1) is 5.72. The highest BCUT2D eigenvalue weighted by Gasteiger charge is 2.03. The number of rotatable bonds is 5. The Labute approximate surface area is 73.6 Å². The van der Waals surface area contributed by atoms with Gasteiger partial charge in [-0.2, -0.15) is 0 Å². The Morgan fingerprint density at radius 2 is 2.17 bits per heavy atom. The van der Waals surface area contributed by atoms with Crippen molar-refractivity contribution in [2.45, 2.75) is 33.1 Å². The van der Waals surface area contributed by atoms with Gasteiger partial charge in [-0.15, -0.1) is 0 Å². The highest BCUT2D eigenvalue weighted by atomic mass is 16.5. The molecule has 0 heterocycles. The van der Waals surface area contributed by atoms with Gasteiger partial charge in [0.25, 0.3) is 0 Å². The Bertz CT molecular complexity index is 164. The van der Waals surface area contributed by atoms with Crippen LogP contribution in [0.5, 0.6) is 0 Å². The smallest absolute Gasteiger partial charge is 0.335 e. The van der Waals surface area contributed by atoms with Gasteiger partial charge in [-0.3, -0.25) is 0 Å². The lowest BCUT2D eigenvalue weighted by Gasteiger charge is -2.02. The van der Waals surface area contributed by atoms with E-state index in [1.165, 1.54) is 6.20 Å². The van der Waals surface area contributed by atoms with Crippen LogP contribution in [0.1, 0.15) is 33.1 Å². The molecule has 0 aromatic rings. The Hall–Kier alpha value is -0.990. The third-order valence-corrected chi connectivity index (χ3v) is 1.55. The van der Waals surface area contributed by atoms with Crippen LogP contribution in [0.4, 0.5) is 0 Å². The van der Waals surface area contributed by atoms with Gasteiger partial charge in [0, 0.05) is 11.8 Å². The monoisotopic (exact) mass is 171 g/mol. The van der Waals surface area contributed by atoms with Crippen molar-refractivity contribution in [3.63, 3.8) is 0 Å². The summed E-state index contributed by atoms with van der Waals surface area (Å²) in [6, 6.07) is 0. The fraction of sp³-hybridized carbons (Fsp3) is 0.667. The van der Waals surface area contributed by atoms with Crippen molar-refractivity contribution in [2.75, 3.05) is 6.61 Å². The van der Waals surface area contributed by atoms with Gasteiger partial charge in [0.15, 0.2) is 0 Å². The number of carbonyl (C=O) groups excluding carboxylic acids is 1. The summed E-state index contributed by atoms with van der Waals surface area (Å²) < 4.78 is 4.91. The number of ether oxygens (including phenoxy) is 1. The van der Waals surface area contributed by atoms with Gasteiger partial charge in [0.1, 0.15) is 0 Å². The van der Waals surface area contributed by atoms with E-state index in [1.807, 2.05) is 0 Å². The lowest BCUT2D eigenvalue weighted by atomic mass is 10.3. The van der Waals surface area contributed by atoms with Crippen molar-refractivity contribution in [2.24, 2.45) is 5.73 Å². The molecule has 0 bridgehead atoms. The van der Waals surface area contributed by atoms with E-state index in [4.69, 9.17) is 10.5 Å². The molecular formula is C9H17NO2. The van der Waals surface area contributed by atoms with E-state index in [0.717, 1.165) is 19.3 Å². The summed E-state index contributed by atoms with van der Waals surface area (Å²) >= 11 is 0. The van der Waals surface area contributed by atoms with Gasteiger partial charge in [-0.1, -0.05) is 19.8 Å². The molecule has 2 N–H and O–H groups in total. The van der Waals surface area contributed by atoms with E-state index in [1.54, 1.807) is 6.92 Å². The van der Waals surface area contributed by atoms with Gasteiger partial charge in [-0.25, -0.2) is 4.79 Å². The fourth-order valence-electron chi connectivity index (χ4n) is 0.699. The Morgan fingerprint density at radius 1 is 1.50 bits per heavy atom. The molecule has 3 nitrogen and oxygen atoms in total. The maximum absolute atomic E-state index is 11.0. The normalized spacial score (nSPS) is 11.3. The third-order valence-electron chi connectivity index (χ3n) is 1.55. The van der Waals surface area contributed by atoms with E-state index in [9.17, 15) is 4.79 Å². The summed E-state index contributed by atoms with van der Waals surface area (Å²) in [4.78, 5) is 11.0. The first-order valence-corrected chi connectivity index (χ1v) is 4.28. The summed E-state index contributed by atoms with van der Waals surface area (Å²) in [6.45, 7) is 4.24. The zero-order chi connectivity index (χ0) is 9.40. The first kappa shape index (κ1) is 11.0. The molecule has 0 aliphatic heterocycles. The number of hydrogen-bond donors (Lipinski definition) is 1. The van der Waals surface area contributed by atoms with E-state index in [0.29, 0.717) is 12.2 Å². The zero-order valence-electron chi connectivity index (χ0n) is 7.80. The predicted molar refractivity (Wildman–Crippen MR) is 48.4 cm³/mol. The average Bonchev–Trinajstić information content (AvgIpc) is 2.10. The maximum Gasteiger partial charge on any atom is 0.335 e. The summed E-state index contributed by atoms with van der Waals surface area (Å²) in [7, 11) is 0. The molecule has 0 unspecified atom stereocenters. The number of hydrogen-bond acceptors (Lipinski definition) is 3. The second-order valence-electron chi connectivity index (χ2n) is 2.69.